The molecule has 5 nitrogen and oxygen atoms in total. The Labute approximate surface area is 115 Å². The minimum Gasteiger partial charge on any atom is -0.508 e. The molecule has 0 bridgehead atoms. The zero-order valence-electron chi connectivity index (χ0n) is 10.5. The van der Waals surface area contributed by atoms with Gasteiger partial charge in [-0.05, 0) is 24.3 Å². The molecule has 0 aliphatic heterocycles. The van der Waals surface area contributed by atoms with Gasteiger partial charge in [0.05, 0.1) is 17.7 Å². The van der Waals surface area contributed by atoms with E-state index >= 15 is 0 Å². The SMILES string of the molecule is COc1ccc(F)c(NS(=O)(=O)c2cccc(O)c2)c1. The van der Waals surface area contributed by atoms with Crippen molar-refractivity contribution in [3.63, 3.8) is 0 Å². The van der Waals surface area contributed by atoms with Gasteiger partial charge >= 0.3 is 0 Å². The molecule has 7 heteroatoms. The molecule has 20 heavy (non-hydrogen) atoms. The van der Waals surface area contributed by atoms with Crippen molar-refractivity contribution in [3.8, 4) is 11.5 Å². The van der Waals surface area contributed by atoms with Crippen molar-refractivity contribution in [1.82, 2.24) is 0 Å². The minimum absolute atomic E-state index is 0.167. The zero-order valence-corrected chi connectivity index (χ0v) is 11.3. The van der Waals surface area contributed by atoms with E-state index in [4.69, 9.17) is 4.74 Å². The number of ether oxygens (including phenoxy) is 1. The Bertz CT molecular complexity index is 731. The highest BCUT2D eigenvalue weighted by atomic mass is 32.2. The van der Waals surface area contributed by atoms with Crippen molar-refractivity contribution < 1.29 is 22.7 Å². The third-order valence-corrected chi connectivity index (χ3v) is 3.91. The molecule has 106 valence electrons. The van der Waals surface area contributed by atoms with E-state index in [1.54, 1.807) is 0 Å². The Balaban J connectivity index is 2.38. The smallest absolute Gasteiger partial charge is 0.262 e. The summed E-state index contributed by atoms with van der Waals surface area (Å²) in [5, 5.41) is 9.29. The van der Waals surface area contributed by atoms with E-state index in [1.165, 1.54) is 37.4 Å². The van der Waals surface area contributed by atoms with E-state index in [0.29, 0.717) is 5.75 Å². The first kappa shape index (κ1) is 14.1. The van der Waals surface area contributed by atoms with Crippen molar-refractivity contribution in [2.45, 2.75) is 4.90 Å². The van der Waals surface area contributed by atoms with Gasteiger partial charge in [0, 0.05) is 12.1 Å². The van der Waals surface area contributed by atoms with Crippen molar-refractivity contribution >= 4 is 15.7 Å². The summed E-state index contributed by atoms with van der Waals surface area (Å²) < 4.78 is 44.8. The van der Waals surface area contributed by atoms with E-state index in [0.717, 1.165) is 12.1 Å². The largest absolute Gasteiger partial charge is 0.508 e. The molecule has 2 rings (SSSR count). The van der Waals surface area contributed by atoms with Gasteiger partial charge in [-0.25, -0.2) is 12.8 Å². The third-order valence-electron chi connectivity index (χ3n) is 2.55. The van der Waals surface area contributed by atoms with E-state index in [-0.39, 0.29) is 16.3 Å². The first-order valence-electron chi connectivity index (χ1n) is 5.58. The van der Waals surface area contributed by atoms with Crippen LogP contribution in [0.2, 0.25) is 0 Å². The highest BCUT2D eigenvalue weighted by Crippen LogP contribution is 2.25. The molecule has 0 unspecified atom stereocenters. The van der Waals surface area contributed by atoms with Crippen LogP contribution in [0.4, 0.5) is 10.1 Å². The second kappa shape index (κ2) is 5.38. The second-order valence-electron chi connectivity index (χ2n) is 3.95. The van der Waals surface area contributed by atoms with Gasteiger partial charge in [0.15, 0.2) is 0 Å². The monoisotopic (exact) mass is 297 g/mol. The van der Waals surface area contributed by atoms with Crippen LogP contribution in [0.25, 0.3) is 0 Å². The fraction of sp³-hybridized carbons (Fsp3) is 0.0769. The number of hydrogen-bond acceptors (Lipinski definition) is 4. The van der Waals surface area contributed by atoms with Crippen LogP contribution >= 0.6 is 0 Å². The molecule has 0 aliphatic carbocycles. The lowest BCUT2D eigenvalue weighted by molar-refractivity contribution is 0.414. The van der Waals surface area contributed by atoms with Crippen LogP contribution in [-0.2, 0) is 10.0 Å². The van der Waals surface area contributed by atoms with E-state index < -0.39 is 15.8 Å². The van der Waals surface area contributed by atoms with Gasteiger partial charge in [0.2, 0.25) is 0 Å². The first-order valence-corrected chi connectivity index (χ1v) is 7.06. The normalized spacial score (nSPS) is 11.1. The maximum atomic E-state index is 13.6. The molecule has 0 atom stereocenters. The lowest BCUT2D eigenvalue weighted by atomic mass is 10.3. The van der Waals surface area contributed by atoms with Crippen LogP contribution in [0.15, 0.2) is 47.4 Å². The summed E-state index contributed by atoms with van der Waals surface area (Å²) in [4.78, 5) is -0.167. The Morgan fingerprint density at radius 2 is 1.95 bits per heavy atom. The van der Waals surface area contributed by atoms with Crippen LogP contribution in [0.3, 0.4) is 0 Å². The maximum Gasteiger partial charge on any atom is 0.262 e. The number of aromatic hydroxyl groups is 1. The number of halogens is 1. The van der Waals surface area contributed by atoms with Gasteiger partial charge in [-0.15, -0.1) is 0 Å². The first-order chi connectivity index (χ1) is 9.42. The van der Waals surface area contributed by atoms with Gasteiger partial charge in [0.25, 0.3) is 10.0 Å². The number of nitrogens with one attached hydrogen (secondary N) is 1. The molecule has 0 radical (unpaired) electrons. The predicted molar refractivity (Wildman–Crippen MR) is 71.9 cm³/mol. The molecule has 0 saturated carbocycles. The quantitative estimate of drug-likeness (QED) is 0.908. The Morgan fingerprint density at radius 3 is 2.60 bits per heavy atom. The fourth-order valence-corrected chi connectivity index (χ4v) is 2.66. The number of hydrogen-bond donors (Lipinski definition) is 2. The molecule has 2 aromatic rings. The molecule has 0 spiro atoms. The molecular formula is C13H12FNO4S. The standard InChI is InChI=1S/C13H12FNO4S/c1-19-10-5-6-12(14)13(8-10)15-20(17,18)11-4-2-3-9(16)7-11/h2-8,15-16H,1H3. The van der Waals surface area contributed by atoms with E-state index in [2.05, 4.69) is 4.72 Å². The zero-order chi connectivity index (χ0) is 14.8. The third kappa shape index (κ3) is 3.00. The van der Waals surface area contributed by atoms with Gasteiger partial charge in [-0.1, -0.05) is 6.07 Å². The van der Waals surface area contributed by atoms with Gasteiger partial charge in [-0.3, -0.25) is 4.72 Å². The Morgan fingerprint density at radius 1 is 1.20 bits per heavy atom. The number of phenols is 1. The molecule has 0 saturated heterocycles. The molecule has 0 amide bonds. The molecule has 0 aromatic heterocycles. The summed E-state index contributed by atoms with van der Waals surface area (Å²) in [5.41, 5.74) is -0.229. The van der Waals surface area contributed by atoms with Crippen LogP contribution in [0.5, 0.6) is 11.5 Å². The summed E-state index contributed by atoms with van der Waals surface area (Å²) in [6, 6.07) is 8.79. The van der Waals surface area contributed by atoms with Crippen molar-refractivity contribution in [3.05, 3.63) is 48.3 Å². The van der Waals surface area contributed by atoms with Gasteiger partial charge in [-0.2, -0.15) is 0 Å². The van der Waals surface area contributed by atoms with Gasteiger partial charge < -0.3 is 9.84 Å². The molecule has 0 aliphatic rings. The van der Waals surface area contributed by atoms with Crippen molar-refractivity contribution in [1.29, 1.82) is 0 Å². The highest BCUT2D eigenvalue weighted by Gasteiger charge is 2.17. The summed E-state index contributed by atoms with van der Waals surface area (Å²) in [7, 11) is -2.60. The molecule has 0 fully saturated rings. The molecule has 0 heterocycles. The minimum atomic E-state index is -3.99. The maximum absolute atomic E-state index is 13.6. The number of sulfonamides is 1. The number of anilines is 1. The number of methoxy groups -OCH3 is 1. The van der Waals surface area contributed by atoms with E-state index in [9.17, 15) is 17.9 Å². The average Bonchev–Trinajstić information content (AvgIpc) is 2.41. The Hall–Kier alpha value is -2.28. The lowest BCUT2D eigenvalue weighted by Gasteiger charge is -2.10. The number of benzene rings is 2. The highest BCUT2D eigenvalue weighted by molar-refractivity contribution is 7.92. The number of phenolic OH excluding ortho intramolecular Hbond substituents is 1. The molecular weight excluding hydrogens is 285 g/mol. The van der Waals surface area contributed by atoms with E-state index in [1.807, 2.05) is 0 Å². The fourth-order valence-electron chi connectivity index (χ4n) is 1.56. The predicted octanol–water partition coefficient (Wildman–Crippen LogP) is 2.34. The molecule has 2 aromatic carbocycles. The molecule has 2 N–H and O–H groups in total. The van der Waals surface area contributed by atoms with Gasteiger partial charge in [0.1, 0.15) is 17.3 Å². The van der Waals surface area contributed by atoms with Crippen LogP contribution in [-0.4, -0.2) is 20.6 Å². The summed E-state index contributed by atoms with van der Waals surface area (Å²) in [5.74, 6) is -0.603. The Kier molecular flexibility index (Phi) is 3.80. The summed E-state index contributed by atoms with van der Waals surface area (Å²) in [6.45, 7) is 0. The van der Waals surface area contributed by atoms with Crippen molar-refractivity contribution in [2.75, 3.05) is 11.8 Å². The van der Waals surface area contributed by atoms with Crippen LogP contribution in [0.1, 0.15) is 0 Å². The summed E-state index contributed by atoms with van der Waals surface area (Å²) >= 11 is 0. The average molecular weight is 297 g/mol. The van der Waals surface area contributed by atoms with Crippen LogP contribution in [0, 0.1) is 5.82 Å². The topological polar surface area (TPSA) is 75.6 Å². The lowest BCUT2D eigenvalue weighted by Crippen LogP contribution is -2.14. The van der Waals surface area contributed by atoms with Crippen molar-refractivity contribution in [2.24, 2.45) is 0 Å². The van der Waals surface area contributed by atoms with Crippen LogP contribution < -0.4 is 9.46 Å². The number of rotatable bonds is 4. The second-order valence-corrected chi connectivity index (χ2v) is 5.63. The summed E-state index contributed by atoms with van der Waals surface area (Å²) in [6.07, 6.45) is 0.